The molecule has 0 aromatic carbocycles. The fourth-order valence-corrected chi connectivity index (χ4v) is 2.13. The molecule has 92 valence electrons. The number of hydrogen-bond acceptors (Lipinski definition) is 3. The highest BCUT2D eigenvalue weighted by Gasteiger charge is 2.17. The molecule has 0 radical (unpaired) electrons. The number of aromatic nitrogens is 2. The van der Waals surface area contributed by atoms with E-state index in [1.54, 1.807) is 16.8 Å². The lowest BCUT2D eigenvalue weighted by Gasteiger charge is -2.09. The number of hydrogen-bond donors (Lipinski definition) is 1. The van der Waals surface area contributed by atoms with Crippen molar-refractivity contribution in [3.63, 3.8) is 0 Å². The van der Waals surface area contributed by atoms with Gasteiger partial charge in [-0.25, -0.2) is 0 Å². The van der Waals surface area contributed by atoms with Gasteiger partial charge in [-0.3, -0.25) is 4.68 Å². The van der Waals surface area contributed by atoms with Gasteiger partial charge in [0.05, 0.1) is 22.5 Å². The van der Waals surface area contributed by atoms with E-state index in [1.165, 1.54) is 0 Å². The molecule has 0 bridgehead atoms. The van der Waals surface area contributed by atoms with E-state index in [2.05, 4.69) is 5.10 Å². The fourth-order valence-electron chi connectivity index (χ4n) is 1.74. The van der Waals surface area contributed by atoms with Crippen LogP contribution >= 0.6 is 23.2 Å². The molecule has 0 spiro atoms. The van der Waals surface area contributed by atoms with Crippen molar-refractivity contribution >= 4 is 23.2 Å². The quantitative estimate of drug-likeness (QED) is 0.936. The summed E-state index contributed by atoms with van der Waals surface area (Å²) in [6, 6.07) is 3.16. The molecule has 1 unspecified atom stereocenters. The van der Waals surface area contributed by atoms with Gasteiger partial charge in [0.15, 0.2) is 5.22 Å². The third-order valence-corrected chi connectivity index (χ3v) is 3.33. The molecule has 6 heteroatoms. The highest BCUT2D eigenvalue weighted by atomic mass is 35.5. The van der Waals surface area contributed by atoms with Crippen molar-refractivity contribution in [3.8, 4) is 0 Å². The summed E-state index contributed by atoms with van der Waals surface area (Å²) >= 11 is 11.9. The maximum Gasteiger partial charge on any atom is 0.193 e. The van der Waals surface area contributed by atoms with Crippen LogP contribution in [0.15, 0.2) is 16.5 Å². The Morgan fingerprint density at radius 1 is 1.47 bits per heavy atom. The molecule has 2 aromatic rings. The number of nitrogens with two attached hydrogens (primary N) is 1. The van der Waals surface area contributed by atoms with E-state index in [1.807, 2.05) is 14.0 Å². The van der Waals surface area contributed by atoms with Crippen molar-refractivity contribution in [1.29, 1.82) is 0 Å². The maximum absolute atomic E-state index is 6.16. The summed E-state index contributed by atoms with van der Waals surface area (Å²) < 4.78 is 7.01. The van der Waals surface area contributed by atoms with Crippen molar-refractivity contribution in [1.82, 2.24) is 9.78 Å². The lowest BCUT2D eigenvalue weighted by atomic mass is 10.1. The largest absolute Gasteiger partial charge is 0.448 e. The summed E-state index contributed by atoms with van der Waals surface area (Å²) in [5.41, 5.74) is 7.73. The predicted octanol–water partition coefficient (Wildman–Crippen LogP) is 2.87. The van der Waals surface area contributed by atoms with Crippen LogP contribution in [0.5, 0.6) is 0 Å². The minimum atomic E-state index is -0.283. The topological polar surface area (TPSA) is 57.0 Å². The molecule has 0 aliphatic carbocycles. The Morgan fingerprint density at radius 2 is 2.18 bits per heavy atom. The van der Waals surface area contributed by atoms with Gasteiger partial charge in [-0.15, -0.1) is 0 Å². The average molecular weight is 274 g/mol. The summed E-state index contributed by atoms with van der Waals surface area (Å²) in [4.78, 5) is 0. The summed E-state index contributed by atoms with van der Waals surface area (Å²) in [6.07, 6.45) is 0.556. The Labute approximate surface area is 109 Å². The summed E-state index contributed by atoms with van der Waals surface area (Å²) in [5, 5.41) is 5.22. The van der Waals surface area contributed by atoms with Gasteiger partial charge in [-0.05, 0) is 30.7 Å². The van der Waals surface area contributed by atoms with Crippen LogP contribution in [-0.4, -0.2) is 9.78 Å². The van der Waals surface area contributed by atoms with Crippen molar-refractivity contribution in [3.05, 3.63) is 39.5 Å². The van der Waals surface area contributed by atoms with Crippen LogP contribution in [0, 0.1) is 6.92 Å². The molecule has 0 saturated carbocycles. The van der Waals surface area contributed by atoms with E-state index < -0.39 is 0 Å². The van der Waals surface area contributed by atoms with Crippen molar-refractivity contribution in [2.75, 3.05) is 0 Å². The second-order valence-corrected chi connectivity index (χ2v) is 4.67. The van der Waals surface area contributed by atoms with Gasteiger partial charge >= 0.3 is 0 Å². The molecule has 2 heterocycles. The number of aryl methyl sites for hydroxylation is 2. The van der Waals surface area contributed by atoms with Gasteiger partial charge in [0.2, 0.25) is 0 Å². The first-order chi connectivity index (χ1) is 7.99. The monoisotopic (exact) mass is 273 g/mol. The van der Waals surface area contributed by atoms with Crippen molar-refractivity contribution in [2.24, 2.45) is 12.8 Å². The molecule has 0 aliphatic rings. The van der Waals surface area contributed by atoms with Gasteiger partial charge in [-0.1, -0.05) is 11.6 Å². The van der Waals surface area contributed by atoms with Gasteiger partial charge in [-0.2, -0.15) is 5.10 Å². The molecule has 2 N–H and O–H groups in total. The summed E-state index contributed by atoms with van der Waals surface area (Å²) in [6.45, 7) is 1.86. The van der Waals surface area contributed by atoms with E-state index in [0.29, 0.717) is 22.4 Å². The van der Waals surface area contributed by atoms with E-state index in [-0.39, 0.29) is 6.04 Å². The van der Waals surface area contributed by atoms with E-state index in [9.17, 15) is 0 Å². The number of halogens is 2. The Balaban J connectivity index is 2.21. The minimum absolute atomic E-state index is 0.283. The van der Waals surface area contributed by atoms with Crippen LogP contribution in [0.3, 0.4) is 0 Å². The van der Waals surface area contributed by atoms with Crippen LogP contribution in [0.4, 0.5) is 0 Å². The van der Waals surface area contributed by atoms with E-state index in [0.717, 1.165) is 11.4 Å². The van der Waals surface area contributed by atoms with Gasteiger partial charge in [0.25, 0.3) is 0 Å². The van der Waals surface area contributed by atoms with Gasteiger partial charge in [0.1, 0.15) is 5.76 Å². The van der Waals surface area contributed by atoms with Crippen LogP contribution < -0.4 is 5.73 Å². The van der Waals surface area contributed by atoms with Crippen molar-refractivity contribution < 1.29 is 4.42 Å². The standard InChI is InChI=1S/C11H13Cl2N3O/c1-6-11(13)8(16(2)15-6)5-7(14)9-3-4-10(12)17-9/h3-4,7H,5,14H2,1-2H3. The lowest BCUT2D eigenvalue weighted by molar-refractivity contribution is 0.460. The first-order valence-corrected chi connectivity index (χ1v) is 5.93. The van der Waals surface area contributed by atoms with Gasteiger partial charge in [0, 0.05) is 13.5 Å². The SMILES string of the molecule is Cc1nn(C)c(CC(N)c2ccc(Cl)o2)c1Cl. The zero-order valence-corrected chi connectivity index (χ0v) is 11.1. The highest BCUT2D eigenvalue weighted by molar-refractivity contribution is 6.31. The molecule has 17 heavy (non-hydrogen) atoms. The van der Waals surface area contributed by atoms with Crippen LogP contribution in [0.1, 0.15) is 23.2 Å². The molecule has 0 fully saturated rings. The van der Waals surface area contributed by atoms with E-state index >= 15 is 0 Å². The number of furan rings is 1. The maximum atomic E-state index is 6.16. The molecule has 4 nitrogen and oxygen atoms in total. The van der Waals surface area contributed by atoms with Crippen LogP contribution in [-0.2, 0) is 13.5 Å². The smallest absolute Gasteiger partial charge is 0.193 e. The zero-order valence-electron chi connectivity index (χ0n) is 9.58. The molecule has 0 saturated heterocycles. The predicted molar refractivity (Wildman–Crippen MR) is 67.3 cm³/mol. The molecule has 2 rings (SSSR count). The number of nitrogens with zero attached hydrogens (tertiary/aromatic N) is 2. The fraction of sp³-hybridized carbons (Fsp3) is 0.364. The summed E-state index contributed by atoms with van der Waals surface area (Å²) in [7, 11) is 1.84. The second-order valence-electron chi connectivity index (χ2n) is 3.92. The first kappa shape index (κ1) is 12.5. The Bertz CT molecular complexity index is 533. The zero-order chi connectivity index (χ0) is 12.6. The Hall–Kier alpha value is -0.970. The average Bonchev–Trinajstić information content (AvgIpc) is 2.79. The molecular formula is C11H13Cl2N3O. The molecule has 2 aromatic heterocycles. The Morgan fingerprint density at radius 3 is 2.65 bits per heavy atom. The summed E-state index contributed by atoms with van der Waals surface area (Å²) in [5.74, 6) is 0.643. The minimum Gasteiger partial charge on any atom is -0.448 e. The van der Waals surface area contributed by atoms with E-state index in [4.69, 9.17) is 33.4 Å². The first-order valence-electron chi connectivity index (χ1n) is 5.18. The lowest BCUT2D eigenvalue weighted by Crippen LogP contribution is -2.15. The van der Waals surface area contributed by atoms with Gasteiger partial charge < -0.3 is 10.2 Å². The molecule has 1 atom stereocenters. The molecular weight excluding hydrogens is 261 g/mol. The highest BCUT2D eigenvalue weighted by Crippen LogP contribution is 2.26. The third kappa shape index (κ3) is 2.49. The normalized spacial score (nSPS) is 13.0. The third-order valence-electron chi connectivity index (χ3n) is 2.63. The Kier molecular flexibility index (Phi) is 3.47. The van der Waals surface area contributed by atoms with Crippen LogP contribution in [0.2, 0.25) is 10.2 Å². The second kappa shape index (κ2) is 4.72. The number of rotatable bonds is 3. The molecule has 0 aliphatic heterocycles. The molecule has 0 amide bonds. The van der Waals surface area contributed by atoms with Crippen molar-refractivity contribution in [2.45, 2.75) is 19.4 Å². The van der Waals surface area contributed by atoms with Crippen LogP contribution in [0.25, 0.3) is 0 Å².